The van der Waals surface area contributed by atoms with Gasteiger partial charge in [0.1, 0.15) is 0 Å². The Morgan fingerprint density at radius 2 is 1.50 bits per heavy atom. The minimum absolute atomic E-state index is 0.125. The standard InChI is InChI=1S/C21H26O/c1-16(21(22)18-12-6-3-7-13-18)19-14-8-9-15-20(19)17-10-4-2-5-11-17/h3,6-9,12-17,21-22H,2,4-5,10-11H2,1H3/t16-,21-/m1/s1. The number of aliphatic hydroxyl groups excluding tert-OH is 1. The van der Waals surface area contributed by atoms with Gasteiger partial charge in [-0.15, -0.1) is 0 Å². The summed E-state index contributed by atoms with van der Waals surface area (Å²) in [6.45, 7) is 2.15. The highest BCUT2D eigenvalue weighted by Crippen LogP contribution is 2.39. The van der Waals surface area contributed by atoms with E-state index in [0.29, 0.717) is 5.92 Å². The molecule has 22 heavy (non-hydrogen) atoms. The van der Waals surface area contributed by atoms with Crippen LogP contribution in [0.2, 0.25) is 0 Å². The van der Waals surface area contributed by atoms with Crippen molar-refractivity contribution in [1.29, 1.82) is 0 Å². The minimum Gasteiger partial charge on any atom is -0.388 e. The molecule has 1 N–H and O–H groups in total. The number of hydrogen-bond donors (Lipinski definition) is 1. The van der Waals surface area contributed by atoms with Crippen molar-refractivity contribution < 1.29 is 5.11 Å². The van der Waals surface area contributed by atoms with Crippen LogP contribution in [0.4, 0.5) is 0 Å². The smallest absolute Gasteiger partial charge is 0.0855 e. The maximum Gasteiger partial charge on any atom is 0.0855 e. The summed E-state index contributed by atoms with van der Waals surface area (Å²) in [5.74, 6) is 0.802. The molecule has 2 aromatic rings. The molecule has 0 aliphatic heterocycles. The van der Waals surface area contributed by atoms with E-state index in [-0.39, 0.29) is 5.92 Å². The van der Waals surface area contributed by atoms with E-state index < -0.39 is 6.10 Å². The maximum atomic E-state index is 10.8. The van der Waals surface area contributed by atoms with Gasteiger partial charge in [-0.1, -0.05) is 80.8 Å². The molecule has 1 nitrogen and oxygen atoms in total. The van der Waals surface area contributed by atoms with Crippen LogP contribution in [0.25, 0.3) is 0 Å². The van der Waals surface area contributed by atoms with E-state index >= 15 is 0 Å². The van der Waals surface area contributed by atoms with Gasteiger partial charge in [-0.25, -0.2) is 0 Å². The fourth-order valence-electron chi connectivity index (χ4n) is 3.82. The summed E-state index contributed by atoms with van der Waals surface area (Å²) in [4.78, 5) is 0. The van der Waals surface area contributed by atoms with E-state index in [0.717, 1.165) is 5.56 Å². The van der Waals surface area contributed by atoms with E-state index in [1.165, 1.54) is 43.2 Å². The van der Waals surface area contributed by atoms with Gasteiger partial charge in [-0.2, -0.15) is 0 Å². The molecule has 0 amide bonds. The molecule has 0 saturated heterocycles. The van der Waals surface area contributed by atoms with Gasteiger partial charge < -0.3 is 5.11 Å². The van der Waals surface area contributed by atoms with Crippen LogP contribution in [0.5, 0.6) is 0 Å². The summed E-state index contributed by atoms with van der Waals surface area (Å²) in [7, 11) is 0. The molecule has 1 aliphatic rings. The van der Waals surface area contributed by atoms with Gasteiger partial charge in [-0.05, 0) is 35.4 Å². The predicted molar refractivity (Wildman–Crippen MR) is 92.1 cm³/mol. The van der Waals surface area contributed by atoms with Crippen molar-refractivity contribution in [2.24, 2.45) is 0 Å². The quantitative estimate of drug-likeness (QED) is 0.781. The SMILES string of the molecule is C[C@H](c1ccccc1C1CCCCC1)[C@@H](O)c1ccccc1. The van der Waals surface area contributed by atoms with Crippen LogP contribution >= 0.6 is 0 Å². The highest BCUT2D eigenvalue weighted by molar-refractivity contribution is 5.35. The van der Waals surface area contributed by atoms with E-state index in [4.69, 9.17) is 0 Å². The van der Waals surface area contributed by atoms with Crippen LogP contribution in [-0.2, 0) is 0 Å². The molecule has 0 bridgehead atoms. The lowest BCUT2D eigenvalue weighted by atomic mass is 9.78. The number of hydrogen-bond acceptors (Lipinski definition) is 1. The van der Waals surface area contributed by atoms with Crippen LogP contribution in [0, 0.1) is 0 Å². The molecule has 3 rings (SSSR count). The maximum absolute atomic E-state index is 10.8. The first-order valence-corrected chi connectivity index (χ1v) is 8.59. The Balaban J connectivity index is 1.87. The van der Waals surface area contributed by atoms with Crippen molar-refractivity contribution in [3.05, 3.63) is 71.3 Å². The molecule has 2 aromatic carbocycles. The summed E-state index contributed by atoms with van der Waals surface area (Å²) in [6, 6.07) is 18.8. The van der Waals surface area contributed by atoms with Crippen LogP contribution < -0.4 is 0 Å². The monoisotopic (exact) mass is 294 g/mol. The van der Waals surface area contributed by atoms with Crippen LogP contribution in [0.3, 0.4) is 0 Å². The molecule has 116 valence electrons. The molecule has 0 heterocycles. The second-order valence-corrected chi connectivity index (χ2v) is 6.61. The molecular weight excluding hydrogens is 268 g/mol. The molecule has 1 aliphatic carbocycles. The summed E-state index contributed by atoms with van der Waals surface area (Å²) in [5.41, 5.74) is 3.80. The Kier molecular flexibility index (Phi) is 4.94. The molecule has 0 unspecified atom stereocenters. The zero-order valence-electron chi connectivity index (χ0n) is 13.4. The Hall–Kier alpha value is -1.60. The van der Waals surface area contributed by atoms with Crippen molar-refractivity contribution in [3.8, 4) is 0 Å². The second kappa shape index (κ2) is 7.11. The molecule has 1 fully saturated rings. The lowest BCUT2D eigenvalue weighted by Gasteiger charge is -2.28. The zero-order valence-corrected chi connectivity index (χ0v) is 13.4. The summed E-state index contributed by atoms with van der Waals surface area (Å²) >= 11 is 0. The van der Waals surface area contributed by atoms with Gasteiger partial charge in [0.15, 0.2) is 0 Å². The van der Waals surface area contributed by atoms with Crippen molar-refractivity contribution >= 4 is 0 Å². The Morgan fingerprint density at radius 1 is 0.864 bits per heavy atom. The van der Waals surface area contributed by atoms with Crippen molar-refractivity contribution in [3.63, 3.8) is 0 Å². The highest BCUT2D eigenvalue weighted by Gasteiger charge is 2.24. The number of rotatable bonds is 4. The van der Waals surface area contributed by atoms with E-state index in [2.05, 4.69) is 31.2 Å². The van der Waals surface area contributed by atoms with Crippen molar-refractivity contribution in [2.45, 2.75) is 57.0 Å². The fourth-order valence-corrected chi connectivity index (χ4v) is 3.82. The third-order valence-corrected chi connectivity index (χ3v) is 5.15. The van der Waals surface area contributed by atoms with Crippen molar-refractivity contribution in [1.82, 2.24) is 0 Å². The van der Waals surface area contributed by atoms with E-state index in [1.54, 1.807) is 0 Å². The lowest BCUT2D eigenvalue weighted by Crippen LogP contribution is -2.13. The molecule has 0 spiro atoms. The molecule has 1 heteroatoms. The molecule has 1 saturated carbocycles. The topological polar surface area (TPSA) is 20.2 Å². The summed E-state index contributed by atoms with van der Waals surface area (Å²) in [5, 5.41) is 10.8. The van der Waals surface area contributed by atoms with Gasteiger partial charge in [0.25, 0.3) is 0 Å². The summed E-state index contributed by atoms with van der Waals surface area (Å²) in [6.07, 6.45) is 6.21. The third-order valence-electron chi connectivity index (χ3n) is 5.15. The van der Waals surface area contributed by atoms with E-state index in [9.17, 15) is 5.11 Å². The Bertz CT molecular complexity index is 584. The first kappa shape index (κ1) is 15.3. The predicted octanol–water partition coefficient (Wildman–Crippen LogP) is 5.57. The molecule has 2 atom stereocenters. The first-order chi connectivity index (χ1) is 10.8. The average Bonchev–Trinajstić information content (AvgIpc) is 2.62. The number of benzene rings is 2. The number of aliphatic hydroxyl groups is 1. The molecular formula is C21H26O. The molecule has 0 aromatic heterocycles. The van der Waals surface area contributed by atoms with E-state index in [1.807, 2.05) is 30.3 Å². The van der Waals surface area contributed by atoms with Gasteiger partial charge in [-0.3, -0.25) is 0 Å². The van der Waals surface area contributed by atoms with Crippen LogP contribution in [-0.4, -0.2) is 5.11 Å². The Labute approximate surface area is 134 Å². The largest absolute Gasteiger partial charge is 0.388 e. The first-order valence-electron chi connectivity index (χ1n) is 8.59. The molecule has 0 radical (unpaired) electrons. The minimum atomic E-state index is -0.439. The van der Waals surface area contributed by atoms with Crippen molar-refractivity contribution in [2.75, 3.05) is 0 Å². The zero-order chi connectivity index (χ0) is 15.4. The fraction of sp³-hybridized carbons (Fsp3) is 0.429. The summed E-state index contributed by atoms with van der Waals surface area (Å²) < 4.78 is 0. The highest BCUT2D eigenvalue weighted by atomic mass is 16.3. The van der Waals surface area contributed by atoms with Crippen LogP contribution in [0.1, 0.15) is 73.7 Å². The van der Waals surface area contributed by atoms with Gasteiger partial charge >= 0.3 is 0 Å². The normalized spacial score (nSPS) is 18.8. The average molecular weight is 294 g/mol. The Morgan fingerprint density at radius 3 is 2.23 bits per heavy atom. The lowest BCUT2D eigenvalue weighted by molar-refractivity contribution is 0.151. The van der Waals surface area contributed by atoms with Crippen LogP contribution in [0.15, 0.2) is 54.6 Å². The van der Waals surface area contributed by atoms with Gasteiger partial charge in [0, 0.05) is 5.92 Å². The second-order valence-electron chi connectivity index (χ2n) is 6.61. The third kappa shape index (κ3) is 3.25. The van der Waals surface area contributed by atoms with Gasteiger partial charge in [0.05, 0.1) is 6.10 Å². The van der Waals surface area contributed by atoms with Gasteiger partial charge in [0.2, 0.25) is 0 Å².